The minimum Gasteiger partial charge on any atom is -0.310 e. The second-order valence-electron chi connectivity index (χ2n) is 14.6. The van der Waals surface area contributed by atoms with E-state index < -0.39 is 5.41 Å². The molecule has 0 amide bonds. The Bertz CT molecular complexity index is 2810. The highest BCUT2D eigenvalue weighted by molar-refractivity contribution is 6.01. The van der Waals surface area contributed by atoms with Crippen LogP contribution in [0.1, 0.15) is 33.4 Å². The molecule has 1 heteroatoms. The first-order valence-electron chi connectivity index (χ1n) is 18.8. The Balaban J connectivity index is 1.32. The predicted octanol–water partition coefficient (Wildman–Crippen LogP) is 14.1. The zero-order valence-electron chi connectivity index (χ0n) is 30.5. The van der Waals surface area contributed by atoms with E-state index in [1.807, 2.05) is 0 Å². The third-order valence-corrected chi connectivity index (χ3v) is 11.6. The lowest BCUT2D eigenvalue weighted by Gasteiger charge is -2.35. The monoisotopic (exact) mass is 689 g/mol. The lowest BCUT2D eigenvalue weighted by Crippen LogP contribution is -2.28. The Morgan fingerprint density at radius 3 is 1.61 bits per heavy atom. The van der Waals surface area contributed by atoms with Crippen molar-refractivity contribution < 1.29 is 0 Å². The number of hydrogen-bond donors (Lipinski definition) is 0. The number of anilines is 3. The molecule has 0 radical (unpaired) electrons. The van der Waals surface area contributed by atoms with Crippen LogP contribution in [0, 0.1) is 13.8 Å². The average Bonchev–Trinajstić information content (AvgIpc) is 3.53. The van der Waals surface area contributed by atoms with Crippen molar-refractivity contribution in [2.45, 2.75) is 19.3 Å². The highest BCUT2D eigenvalue weighted by Gasteiger charge is 2.47. The van der Waals surface area contributed by atoms with Crippen molar-refractivity contribution in [3.63, 3.8) is 0 Å². The van der Waals surface area contributed by atoms with Crippen molar-refractivity contribution in [1.82, 2.24) is 0 Å². The Kier molecular flexibility index (Phi) is 7.56. The fourth-order valence-electron chi connectivity index (χ4n) is 9.09. The highest BCUT2D eigenvalue weighted by Crippen LogP contribution is 2.58. The van der Waals surface area contributed by atoms with E-state index in [1.54, 1.807) is 0 Å². The molecule has 0 saturated heterocycles. The van der Waals surface area contributed by atoms with Gasteiger partial charge in [-0.05, 0) is 122 Å². The third kappa shape index (κ3) is 4.93. The summed E-state index contributed by atoms with van der Waals surface area (Å²) in [6.07, 6.45) is 0. The molecule has 256 valence electrons. The minimum atomic E-state index is -0.507. The van der Waals surface area contributed by atoms with Crippen LogP contribution < -0.4 is 4.90 Å². The van der Waals surface area contributed by atoms with E-state index in [1.165, 1.54) is 77.2 Å². The Hall–Kier alpha value is -6.70. The number of rotatable bonds is 6. The van der Waals surface area contributed by atoms with E-state index in [4.69, 9.17) is 0 Å². The van der Waals surface area contributed by atoms with Gasteiger partial charge in [-0.2, -0.15) is 0 Å². The summed E-state index contributed by atoms with van der Waals surface area (Å²) in [5.74, 6) is 0. The number of hydrogen-bond acceptors (Lipinski definition) is 1. The molecule has 9 aromatic carbocycles. The third-order valence-electron chi connectivity index (χ3n) is 11.6. The van der Waals surface area contributed by atoms with Crippen LogP contribution in [0.25, 0.3) is 43.8 Å². The first-order valence-corrected chi connectivity index (χ1v) is 18.8. The fraction of sp³-hybridized carbons (Fsp3) is 0.0566. The SMILES string of the molecule is Cc1ccccc1-c1cc2ccccc2cc1N(c1ccc2c(c1)C(c1ccccc1)(c1ccccc1)c1cccc(C)c1-2)c1ccc2ccccc2c1. The fourth-order valence-corrected chi connectivity index (χ4v) is 9.09. The smallest absolute Gasteiger partial charge is 0.0714 e. The number of nitrogens with zero attached hydrogens (tertiary/aromatic N) is 1. The normalized spacial score (nSPS) is 12.8. The van der Waals surface area contributed by atoms with E-state index in [0.29, 0.717) is 0 Å². The second kappa shape index (κ2) is 12.8. The average molecular weight is 690 g/mol. The highest BCUT2D eigenvalue weighted by atomic mass is 15.1. The van der Waals surface area contributed by atoms with Gasteiger partial charge in [0.05, 0.1) is 11.1 Å². The zero-order valence-corrected chi connectivity index (χ0v) is 30.5. The molecule has 0 N–H and O–H groups in total. The van der Waals surface area contributed by atoms with Crippen molar-refractivity contribution in [3.8, 4) is 22.3 Å². The Labute approximate surface area is 317 Å². The maximum atomic E-state index is 2.50. The first kappa shape index (κ1) is 32.0. The van der Waals surface area contributed by atoms with Gasteiger partial charge in [-0.25, -0.2) is 0 Å². The van der Waals surface area contributed by atoms with Gasteiger partial charge < -0.3 is 4.90 Å². The second-order valence-corrected chi connectivity index (χ2v) is 14.6. The van der Waals surface area contributed by atoms with Gasteiger partial charge in [0.2, 0.25) is 0 Å². The summed E-state index contributed by atoms with van der Waals surface area (Å²) in [4.78, 5) is 2.50. The van der Waals surface area contributed by atoms with Crippen LogP contribution in [0.2, 0.25) is 0 Å². The summed E-state index contributed by atoms with van der Waals surface area (Å²) in [7, 11) is 0. The van der Waals surface area contributed by atoms with Crippen molar-refractivity contribution >= 4 is 38.6 Å². The van der Waals surface area contributed by atoms with E-state index >= 15 is 0 Å². The number of fused-ring (bicyclic) bond motifs is 5. The van der Waals surface area contributed by atoms with Gasteiger partial charge in [0, 0.05) is 16.9 Å². The molecule has 0 bridgehead atoms. The van der Waals surface area contributed by atoms with Crippen molar-refractivity contribution in [2.75, 3.05) is 4.90 Å². The Morgan fingerprint density at radius 2 is 0.907 bits per heavy atom. The van der Waals surface area contributed by atoms with Gasteiger partial charge in [-0.3, -0.25) is 0 Å². The molecule has 0 spiro atoms. The predicted molar refractivity (Wildman–Crippen MR) is 228 cm³/mol. The molecule has 1 aliphatic rings. The van der Waals surface area contributed by atoms with Crippen LogP contribution in [0.3, 0.4) is 0 Å². The van der Waals surface area contributed by atoms with Crippen LogP contribution in [-0.2, 0) is 5.41 Å². The summed E-state index contributed by atoms with van der Waals surface area (Å²) in [6, 6.07) is 74.1. The number of benzene rings is 9. The number of aryl methyl sites for hydroxylation is 2. The van der Waals surface area contributed by atoms with Gasteiger partial charge in [-0.1, -0.05) is 164 Å². The molecule has 1 nitrogen and oxygen atoms in total. The molecular weight excluding hydrogens is 651 g/mol. The van der Waals surface area contributed by atoms with Gasteiger partial charge in [0.15, 0.2) is 0 Å². The van der Waals surface area contributed by atoms with Gasteiger partial charge in [-0.15, -0.1) is 0 Å². The van der Waals surface area contributed by atoms with Gasteiger partial charge in [0.25, 0.3) is 0 Å². The molecule has 0 unspecified atom stereocenters. The van der Waals surface area contributed by atoms with Crippen LogP contribution in [-0.4, -0.2) is 0 Å². The van der Waals surface area contributed by atoms with Crippen molar-refractivity contribution in [1.29, 1.82) is 0 Å². The molecule has 0 fully saturated rings. The molecule has 10 rings (SSSR count). The quantitative estimate of drug-likeness (QED) is 0.168. The molecule has 1 aliphatic carbocycles. The maximum Gasteiger partial charge on any atom is 0.0714 e. The minimum absolute atomic E-state index is 0.507. The molecule has 54 heavy (non-hydrogen) atoms. The molecule has 0 aromatic heterocycles. The summed E-state index contributed by atoms with van der Waals surface area (Å²) >= 11 is 0. The zero-order chi connectivity index (χ0) is 36.2. The molecular formula is C53H39N. The van der Waals surface area contributed by atoms with Crippen LogP contribution in [0.5, 0.6) is 0 Å². The standard InChI is InChI=1S/C53H39N/c1-36-16-9-14-26-46(36)48-33-40-20-12-13-21-41(40)34-51(48)54(44-29-28-38-18-10-11-19-39(38)32-44)45-30-31-47-50(35-45)53(42-22-5-3-6-23-42,43-24-7-4-8-25-43)49-27-15-17-37(2)52(47)49/h3-35H,1-2H3. The largest absolute Gasteiger partial charge is 0.310 e. The van der Waals surface area contributed by atoms with Crippen LogP contribution in [0.15, 0.2) is 200 Å². The molecule has 0 saturated carbocycles. The molecule has 0 atom stereocenters. The lowest BCUT2D eigenvalue weighted by atomic mass is 9.67. The molecule has 0 aliphatic heterocycles. The van der Waals surface area contributed by atoms with Gasteiger partial charge >= 0.3 is 0 Å². The Morgan fingerprint density at radius 1 is 0.352 bits per heavy atom. The summed E-state index contributed by atoms with van der Waals surface area (Å²) in [5.41, 5.74) is 15.6. The summed E-state index contributed by atoms with van der Waals surface area (Å²) in [6.45, 7) is 4.48. The lowest BCUT2D eigenvalue weighted by molar-refractivity contribution is 0.768. The van der Waals surface area contributed by atoms with Crippen molar-refractivity contribution in [2.24, 2.45) is 0 Å². The van der Waals surface area contributed by atoms with Crippen molar-refractivity contribution in [3.05, 3.63) is 234 Å². The van der Waals surface area contributed by atoms with Crippen LogP contribution >= 0.6 is 0 Å². The molecule has 9 aromatic rings. The van der Waals surface area contributed by atoms with E-state index in [9.17, 15) is 0 Å². The van der Waals surface area contributed by atoms with Gasteiger partial charge in [0.1, 0.15) is 0 Å². The maximum absolute atomic E-state index is 2.50. The first-order chi connectivity index (χ1) is 26.6. The molecule has 0 heterocycles. The van der Waals surface area contributed by atoms with E-state index in [0.717, 1.165) is 17.1 Å². The summed E-state index contributed by atoms with van der Waals surface area (Å²) < 4.78 is 0. The van der Waals surface area contributed by atoms with E-state index in [-0.39, 0.29) is 0 Å². The topological polar surface area (TPSA) is 3.24 Å². The summed E-state index contributed by atoms with van der Waals surface area (Å²) in [5, 5.41) is 4.88. The van der Waals surface area contributed by atoms with Crippen LogP contribution in [0.4, 0.5) is 17.1 Å². The van der Waals surface area contributed by atoms with E-state index in [2.05, 4.69) is 219 Å².